The van der Waals surface area contributed by atoms with Gasteiger partial charge in [-0.3, -0.25) is 9.59 Å². The lowest BCUT2D eigenvalue weighted by atomic mass is 9.96. The van der Waals surface area contributed by atoms with Crippen LogP contribution in [0.25, 0.3) is 0 Å². The van der Waals surface area contributed by atoms with Crippen LogP contribution in [0.4, 0.5) is 10.7 Å². The Morgan fingerprint density at radius 2 is 1.65 bits per heavy atom. The molecule has 0 unspecified atom stereocenters. The molecule has 2 rings (SSSR count). The predicted octanol–water partition coefficient (Wildman–Crippen LogP) is 4.22. The van der Waals surface area contributed by atoms with Crippen molar-refractivity contribution in [1.29, 1.82) is 0 Å². The van der Waals surface area contributed by atoms with E-state index < -0.39 is 11.4 Å². The molecule has 2 aromatic rings. The zero-order valence-corrected chi connectivity index (χ0v) is 16.2. The van der Waals surface area contributed by atoms with Crippen molar-refractivity contribution < 1.29 is 19.1 Å². The van der Waals surface area contributed by atoms with Crippen LogP contribution in [-0.4, -0.2) is 17.8 Å². The lowest BCUT2D eigenvalue weighted by Crippen LogP contribution is -2.27. The SMILES string of the molecule is CC(=O)Nc1ccc(OC(=O)c2sc(NC(=O)C(C)(C)C)cc2C)cc1. The molecule has 2 amide bonds. The van der Waals surface area contributed by atoms with Crippen LogP contribution in [-0.2, 0) is 9.59 Å². The molecule has 0 aliphatic heterocycles. The highest BCUT2D eigenvalue weighted by Crippen LogP contribution is 2.29. The number of carbonyl (C=O) groups is 3. The van der Waals surface area contributed by atoms with Gasteiger partial charge < -0.3 is 15.4 Å². The van der Waals surface area contributed by atoms with E-state index in [1.165, 1.54) is 18.3 Å². The normalized spacial score (nSPS) is 11.0. The third-order valence-electron chi connectivity index (χ3n) is 3.41. The van der Waals surface area contributed by atoms with Crippen molar-refractivity contribution in [2.45, 2.75) is 34.6 Å². The highest BCUT2D eigenvalue weighted by Gasteiger charge is 2.23. The molecule has 0 aliphatic rings. The molecule has 1 heterocycles. The maximum Gasteiger partial charge on any atom is 0.354 e. The molecule has 2 N–H and O–H groups in total. The lowest BCUT2D eigenvalue weighted by molar-refractivity contribution is -0.123. The van der Waals surface area contributed by atoms with Crippen molar-refractivity contribution >= 4 is 39.8 Å². The fraction of sp³-hybridized carbons (Fsp3) is 0.316. The number of thiophene rings is 1. The Morgan fingerprint density at radius 3 is 2.19 bits per heavy atom. The number of hydrogen-bond donors (Lipinski definition) is 2. The number of amides is 2. The van der Waals surface area contributed by atoms with Crippen LogP contribution in [0.2, 0.25) is 0 Å². The minimum Gasteiger partial charge on any atom is -0.422 e. The summed E-state index contributed by atoms with van der Waals surface area (Å²) in [5.74, 6) is -0.408. The number of esters is 1. The molecule has 0 spiro atoms. The highest BCUT2D eigenvalue weighted by molar-refractivity contribution is 7.18. The summed E-state index contributed by atoms with van der Waals surface area (Å²) in [6.45, 7) is 8.68. The van der Waals surface area contributed by atoms with Gasteiger partial charge in [-0.1, -0.05) is 20.8 Å². The van der Waals surface area contributed by atoms with Crippen molar-refractivity contribution in [2.24, 2.45) is 5.41 Å². The minimum atomic E-state index is -0.520. The largest absolute Gasteiger partial charge is 0.422 e. The minimum absolute atomic E-state index is 0.118. The second-order valence-corrected chi connectivity index (χ2v) is 7.97. The van der Waals surface area contributed by atoms with Crippen LogP contribution in [0, 0.1) is 12.3 Å². The maximum atomic E-state index is 12.4. The van der Waals surface area contributed by atoms with E-state index in [1.807, 2.05) is 20.8 Å². The standard InChI is InChI=1S/C19H22N2O4S/c1-11-10-15(21-18(24)19(3,4)5)26-16(11)17(23)25-14-8-6-13(7-9-14)20-12(2)22/h6-10H,1-5H3,(H,20,22)(H,21,24). The molecule has 6 nitrogen and oxygen atoms in total. The summed E-state index contributed by atoms with van der Waals surface area (Å²) in [6, 6.07) is 8.27. The predicted molar refractivity (Wildman–Crippen MR) is 103 cm³/mol. The van der Waals surface area contributed by atoms with Gasteiger partial charge in [0.15, 0.2) is 0 Å². The van der Waals surface area contributed by atoms with Gasteiger partial charge in [0, 0.05) is 18.0 Å². The van der Waals surface area contributed by atoms with E-state index in [2.05, 4.69) is 10.6 Å². The number of hydrogen-bond acceptors (Lipinski definition) is 5. The van der Waals surface area contributed by atoms with Gasteiger partial charge in [0.05, 0.1) is 5.00 Å². The first-order valence-electron chi connectivity index (χ1n) is 8.08. The van der Waals surface area contributed by atoms with Crippen molar-refractivity contribution in [3.05, 3.63) is 40.8 Å². The van der Waals surface area contributed by atoms with Crippen LogP contribution >= 0.6 is 11.3 Å². The Labute approximate surface area is 156 Å². The Morgan fingerprint density at radius 1 is 1.04 bits per heavy atom. The van der Waals surface area contributed by atoms with E-state index in [0.717, 1.165) is 5.56 Å². The van der Waals surface area contributed by atoms with Gasteiger partial charge >= 0.3 is 5.97 Å². The van der Waals surface area contributed by atoms with Crippen molar-refractivity contribution in [1.82, 2.24) is 0 Å². The second kappa shape index (κ2) is 7.70. The van der Waals surface area contributed by atoms with Crippen LogP contribution in [0.15, 0.2) is 30.3 Å². The first kappa shape index (κ1) is 19.7. The molecule has 26 heavy (non-hydrogen) atoms. The third kappa shape index (κ3) is 5.16. The van der Waals surface area contributed by atoms with Gasteiger partial charge in [-0.05, 0) is 42.8 Å². The third-order valence-corrected chi connectivity index (χ3v) is 4.54. The lowest BCUT2D eigenvalue weighted by Gasteiger charge is -2.16. The van der Waals surface area contributed by atoms with Crippen molar-refractivity contribution in [2.75, 3.05) is 10.6 Å². The molecule has 0 fully saturated rings. The fourth-order valence-electron chi connectivity index (χ4n) is 2.01. The molecule has 138 valence electrons. The Kier molecular flexibility index (Phi) is 5.82. The van der Waals surface area contributed by atoms with E-state index in [4.69, 9.17) is 4.74 Å². The number of anilines is 2. The topological polar surface area (TPSA) is 84.5 Å². The van der Waals surface area contributed by atoms with Crippen LogP contribution in [0.5, 0.6) is 5.75 Å². The van der Waals surface area contributed by atoms with Gasteiger partial charge in [0.1, 0.15) is 10.6 Å². The summed E-state index contributed by atoms with van der Waals surface area (Å²) in [5.41, 5.74) is 0.838. The van der Waals surface area contributed by atoms with E-state index in [0.29, 0.717) is 21.3 Å². The summed E-state index contributed by atoms with van der Waals surface area (Å²) in [7, 11) is 0. The van der Waals surface area contributed by atoms with Crippen molar-refractivity contribution in [3.8, 4) is 5.75 Å². The summed E-state index contributed by atoms with van der Waals surface area (Å²) in [6.07, 6.45) is 0. The summed E-state index contributed by atoms with van der Waals surface area (Å²) in [4.78, 5) is 35.9. The number of nitrogens with one attached hydrogen (secondary N) is 2. The number of rotatable bonds is 4. The summed E-state index contributed by atoms with van der Waals surface area (Å²) < 4.78 is 5.37. The number of ether oxygens (including phenoxy) is 1. The van der Waals surface area contributed by atoms with Gasteiger partial charge in [-0.2, -0.15) is 0 Å². The van der Waals surface area contributed by atoms with Gasteiger partial charge in [-0.25, -0.2) is 4.79 Å². The van der Waals surface area contributed by atoms with E-state index in [9.17, 15) is 14.4 Å². The molecule has 7 heteroatoms. The van der Waals surface area contributed by atoms with Crippen LogP contribution in [0.3, 0.4) is 0 Å². The Balaban J connectivity index is 2.08. The molecular weight excluding hydrogens is 352 g/mol. The van der Waals surface area contributed by atoms with Crippen molar-refractivity contribution in [3.63, 3.8) is 0 Å². The highest BCUT2D eigenvalue weighted by atomic mass is 32.1. The molecule has 0 saturated carbocycles. The summed E-state index contributed by atoms with van der Waals surface area (Å²) in [5, 5.41) is 6.07. The average molecular weight is 374 g/mol. The zero-order valence-electron chi connectivity index (χ0n) is 15.4. The smallest absolute Gasteiger partial charge is 0.354 e. The van der Waals surface area contributed by atoms with Gasteiger partial charge in [0.2, 0.25) is 11.8 Å². The average Bonchev–Trinajstić information content (AvgIpc) is 2.88. The number of aryl methyl sites for hydroxylation is 1. The van der Waals surface area contributed by atoms with Gasteiger partial charge in [0.25, 0.3) is 0 Å². The quantitative estimate of drug-likeness (QED) is 0.620. The zero-order chi connectivity index (χ0) is 19.5. The molecule has 0 atom stereocenters. The van der Waals surface area contributed by atoms with Crippen LogP contribution < -0.4 is 15.4 Å². The molecule has 0 aliphatic carbocycles. The second-order valence-electron chi connectivity index (χ2n) is 6.92. The Bertz CT molecular complexity index is 832. The molecule has 0 saturated heterocycles. The first-order valence-corrected chi connectivity index (χ1v) is 8.89. The monoisotopic (exact) mass is 374 g/mol. The molecule has 0 radical (unpaired) electrons. The number of benzene rings is 1. The maximum absolute atomic E-state index is 12.4. The molecule has 0 bridgehead atoms. The molecular formula is C19H22N2O4S. The van der Waals surface area contributed by atoms with E-state index in [1.54, 1.807) is 37.3 Å². The molecule has 1 aromatic carbocycles. The number of carbonyl (C=O) groups excluding carboxylic acids is 3. The fourth-order valence-corrected chi connectivity index (χ4v) is 2.95. The van der Waals surface area contributed by atoms with Gasteiger partial charge in [-0.15, -0.1) is 11.3 Å². The first-order chi connectivity index (χ1) is 12.1. The Hall–Kier alpha value is -2.67. The van der Waals surface area contributed by atoms with E-state index >= 15 is 0 Å². The summed E-state index contributed by atoms with van der Waals surface area (Å²) >= 11 is 1.18. The molecule has 1 aromatic heterocycles. The van der Waals surface area contributed by atoms with Crippen LogP contribution in [0.1, 0.15) is 42.9 Å². The van der Waals surface area contributed by atoms with E-state index in [-0.39, 0.29) is 11.8 Å².